The van der Waals surface area contributed by atoms with E-state index in [9.17, 15) is 14.0 Å². The number of nitrogens with zero attached hydrogens (tertiary/aromatic N) is 1. The van der Waals surface area contributed by atoms with Crippen LogP contribution in [0.4, 0.5) is 4.39 Å². The zero-order valence-electron chi connectivity index (χ0n) is 23.1. The molecular formula is C32H32FNO6. The minimum absolute atomic E-state index is 0.432. The maximum Gasteiger partial charge on any atom is 0.169 e. The van der Waals surface area contributed by atoms with E-state index in [0.29, 0.717) is 39.7 Å². The summed E-state index contributed by atoms with van der Waals surface area (Å²) in [6, 6.07) is 15.2. The van der Waals surface area contributed by atoms with Gasteiger partial charge in [0.2, 0.25) is 0 Å². The minimum Gasteiger partial charge on any atom is -0.493 e. The molecule has 1 unspecified atom stereocenters. The summed E-state index contributed by atoms with van der Waals surface area (Å²) in [5, 5.41) is 0. The van der Waals surface area contributed by atoms with E-state index in [-0.39, 0.29) is 0 Å². The Kier molecular flexibility index (Phi) is 10.8. The first-order valence-corrected chi connectivity index (χ1v) is 12.5. The number of methoxy groups -OCH3 is 4. The van der Waals surface area contributed by atoms with Crippen LogP contribution in [0.25, 0.3) is 12.2 Å². The van der Waals surface area contributed by atoms with Crippen LogP contribution in [0.3, 0.4) is 0 Å². The molecule has 0 aliphatic rings. The van der Waals surface area contributed by atoms with E-state index in [4.69, 9.17) is 18.9 Å². The van der Waals surface area contributed by atoms with Gasteiger partial charge in [0.25, 0.3) is 0 Å². The number of ketones is 2. The molecule has 7 nitrogen and oxygen atoms in total. The number of carbonyl (C=O) groups excluding carboxylic acids is 2. The predicted octanol–water partition coefficient (Wildman–Crippen LogP) is 6.17. The summed E-state index contributed by atoms with van der Waals surface area (Å²) in [7, 11) is 6.11. The molecule has 3 rings (SSSR count). The topological polar surface area (TPSA) is 83.4 Å². The van der Waals surface area contributed by atoms with Gasteiger partial charge in [-0.25, -0.2) is 4.39 Å². The SMILES string of the molecule is CC=NC(c1ccc(F)cc1)C(C(=O)C=Cc1ccc(OC)c(OC)c1)C(=O)C=Cc1ccc(OC)c(OC)c1. The second-order valence-corrected chi connectivity index (χ2v) is 8.58. The molecule has 3 aromatic rings. The van der Waals surface area contributed by atoms with E-state index in [1.54, 1.807) is 55.5 Å². The Morgan fingerprint density at radius 1 is 0.700 bits per heavy atom. The van der Waals surface area contributed by atoms with Crippen molar-refractivity contribution in [3.05, 3.63) is 95.3 Å². The highest BCUT2D eigenvalue weighted by atomic mass is 19.1. The molecule has 0 N–H and O–H groups in total. The van der Waals surface area contributed by atoms with Crippen molar-refractivity contribution in [2.45, 2.75) is 13.0 Å². The lowest BCUT2D eigenvalue weighted by molar-refractivity contribution is -0.128. The van der Waals surface area contributed by atoms with Gasteiger partial charge in [-0.1, -0.05) is 36.4 Å². The van der Waals surface area contributed by atoms with E-state index >= 15 is 0 Å². The summed E-state index contributed by atoms with van der Waals surface area (Å²) in [4.78, 5) is 31.7. The van der Waals surface area contributed by atoms with Gasteiger partial charge in [0.05, 0.1) is 34.5 Å². The Labute approximate surface area is 233 Å². The van der Waals surface area contributed by atoms with Crippen LogP contribution in [0, 0.1) is 11.7 Å². The first kappa shape index (κ1) is 29.8. The maximum atomic E-state index is 13.7. The summed E-state index contributed by atoms with van der Waals surface area (Å²) < 4.78 is 34.9. The number of ether oxygens (including phenoxy) is 4. The van der Waals surface area contributed by atoms with Crippen LogP contribution in [-0.2, 0) is 9.59 Å². The van der Waals surface area contributed by atoms with E-state index in [2.05, 4.69) is 4.99 Å². The Morgan fingerprint density at radius 2 is 1.15 bits per heavy atom. The van der Waals surface area contributed by atoms with E-state index in [1.807, 2.05) is 0 Å². The highest BCUT2D eigenvalue weighted by Crippen LogP contribution is 2.32. The molecule has 40 heavy (non-hydrogen) atoms. The van der Waals surface area contributed by atoms with Crippen molar-refractivity contribution in [2.24, 2.45) is 10.9 Å². The molecule has 3 aromatic carbocycles. The smallest absolute Gasteiger partial charge is 0.169 e. The average molecular weight is 546 g/mol. The molecule has 1 atom stereocenters. The van der Waals surface area contributed by atoms with Crippen molar-refractivity contribution in [1.29, 1.82) is 0 Å². The highest BCUT2D eigenvalue weighted by molar-refractivity contribution is 6.14. The molecule has 0 spiro atoms. The van der Waals surface area contributed by atoms with Crippen LogP contribution in [0.5, 0.6) is 23.0 Å². The molecule has 0 aliphatic heterocycles. The van der Waals surface area contributed by atoms with E-state index in [0.717, 1.165) is 0 Å². The van der Waals surface area contributed by atoms with Crippen molar-refractivity contribution in [2.75, 3.05) is 28.4 Å². The molecule has 0 radical (unpaired) electrons. The fourth-order valence-corrected chi connectivity index (χ4v) is 4.11. The fraction of sp³-hybridized carbons (Fsp3) is 0.219. The molecule has 0 saturated carbocycles. The summed E-state index contributed by atoms with van der Waals surface area (Å²) in [5.41, 5.74) is 1.89. The molecule has 8 heteroatoms. The van der Waals surface area contributed by atoms with Gasteiger partial charge in [-0.15, -0.1) is 0 Å². The van der Waals surface area contributed by atoms with Gasteiger partial charge in [-0.05, 0) is 78.4 Å². The van der Waals surface area contributed by atoms with E-state index in [1.165, 1.54) is 71.1 Å². The Morgan fingerprint density at radius 3 is 1.55 bits per heavy atom. The molecule has 0 saturated heterocycles. The number of rotatable bonds is 13. The van der Waals surface area contributed by atoms with Crippen LogP contribution in [0.1, 0.15) is 29.7 Å². The second-order valence-electron chi connectivity index (χ2n) is 8.58. The third-order valence-electron chi connectivity index (χ3n) is 6.15. The van der Waals surface area contributed by atoms with Crippen LogP contribution >= 0.6 is 0 Å². The Hall–Kier alpha value is -4.72. The quantitative estimate of drug-likeness (QED) is 0.145. The standard InChI is InChI=1S/C32H32FNO6/c1-6-34-32(23-11-13-24(33)14-12-23)31(25(35)15-7-21-9-17-27(37-2)29(19-21)39-4)26(36)16-8-22-10-18-28(38-3)30(20-22)40-5/h6-20,31-32H,1-5H3. The van der Waals surface area contributed by atoms with Crippen LogP contribution in [-0.4, -0.2) is 46.2 Å². The molecule has 0 heterocycles. The number of allylic oxidation sites excluding steroid dienone is 2. The first-order chi connectivity index (χ1) is 19.3. The highest BCUT2D eigenvalue weighted by Gasteiger charge is 2.33. The summed E-state index contributed by atoms with van der Waals surface area (Å²) >= 11 is 0. The lowest BCUT2D eigenvalue weighted by atomic mass is 9.85. The molecular weight excluding hydrogens is 513 g/mol. The van der Waals surface area contributed by atoms with Gasteiger partial charge in [-0.3, -0.25) is 14.6 Å². The van der Waals surface area contributed by atoms with Crippen LogP contribution < -0.4 is 18.9 Å². The van der Waals surface area contributed by atoms with Crippen molar-refractivity contribution < 1.29 is 32.9 Å². The molecule has 0 aliphatic carbocycles. The number of halogens is 1. The number of hydrogen-bond donors (Lipinski definition) is 0. The Bertz CT molecular complexity index is 1330. The zero-order chi connectivity index (χ0) is 29.1. The summed E-state index contributed by atoms with van der Waals surface area (Å²) in [6.07, 6.45) is 7.41. The van der Waals surface area contributed by atoms with Crippen molar-refractivity contribution in [3.8, 4) is 23.0 Å². The lowest BCUT2D eigenvalue weighted by Gasteiger charge is -2.20. The average Bonchev–Trinajstić information content (AvgIpc) is 2.98. The summed E-state index contributed by atoms with van der Waals surface area (Å²) in [6.45, 7) is 1.70. The first-order valence-electron chi connectivity index (χ1n) is 12.5. The number of hydrogen-bond acceptors (Lipinski definition) is 7. The van der Waals surface area contributed by atoms with Gasteiger partial charge in [0.15, 0.2) is 34.6 Å². The lowest BCUT2D eigenvalue weighted by Crippen LogP contribution is -2.27. The van der Waals surface area contributed by atoms with Gasteiger partial charge < -0.3 is 18.9 Å². The van der Waals surface area contributed by atoms with Crippen LogP contribution in [0.15, 0.2) is 77.8 Å². The largest absolute Gasteiger partial charge is 0.493 e. The molecule has 208 valence electrons. The Balaban J connectivity index is 2.00. The third kappa shape index (κ3) is 7.44. The summed E-state index contributed by atoms with van der Waals surface area (Å²) in [5.74, 6) is -0.452. The number of aliphatic imine (C=N–C) groups is 1. The van der Waals surface area contributed by atoms with Gasteiger partial charge in [0, 0.05) is 0 Å². The van der Waals surface area contributed by atoms with Crippen molar-refractivity contribution in [3.63, 3.8) is 0 Å². The van der Waals surface area contributed by atoms with Gasteiger partial charge in [-0.2, -0.15) is 0 Å². The predicted molar refractivity (Wildman–Crippen MR) is 154 cm³/mol. The van der Waals surface area contributed by atoms with Crippen LogP contribution in [0.2, 0.25) is 0 Å². The zero-order valence-corrected chi connectivity index (χ0v) is 23.1. The molecule has 0 bridgehead atoms. The normalized spacial score (nSPS) is 12.9. The fourth-order valence-electron chi connectivity index (χ4n) is 4.11. The van der Waals surface area contributed by atoms with Crippen molar-refractivity contribution >= 4 is 29.9 Å². The molecule has 0 amide bonds. The third-order valence-corrected chi connectivity index (χ3v) is 6.15. The maximum absolute atomic E-state index is 13.7. The van der Waals surface area contributed by atoms with E-state index < -0.39 is 29.3 Å². The number of benzene rings is 3. The molecule has 0 fully saturated rings. The monoisotopic (exact) mass is 545 g/mol. The minimum atomic E-state index is -1.20. The number of carbonyl (C=O) groups is 2. The molecule has 0 aromatic heterocycles. The van der Waals surface area contributed by atoms with Gasteiger partial charge in [0.1, 0.15) is 11.7 Å². The van der Waals surface area contributed by atoms with Gasteiger partial charge >= 0.3 is 0 Å². The second kappa shape index (κ2) is 14.4. The van der Waals surface area contributed by atoms with Crippen molar-refractivity contribution in [1.82, 2.24) is 0 Å².